The summed E-state index contributed by atoms with van der Waals surface area (Å²) < 4.78 is 13.4. The Hall–Kier alpha value is -1.39. The van der Waals surface area contributed by atoms with Crippen molar-refractivity contribution in [1.82, 2.24) is 4.98 Å². The van der Waals surface area contributed by atoms with E-state index in [2.05, 4.69) is 10.4 Å². The van der Waals surface area contributed by atoms with E-state index in [9.17, 15) is 4.39 Å². The molecular weight excluding hydrogens is 205 g/mol. The predicted molar refractivity (Wildman–Crippen MR) is 54.5 cm³/mol. The first kappa shape index (κ1) is 9.18. The highest BCUT2D eigenvalue weighted by atomic mass is 35.5. The molecule has 2 rings (SSSR count). The van der Waals surface area contributed by atoms with E-state index in [-0.39, 0.29) is 0 Å². The van der Waals surface area contributed by atoms with Crippen molar-refractivity contribution in [2.45, 2.75) is 0 Å². The molecule has 3 nitrogen and oxygen atoms in total. The quantitative estimate of drug-likeness (QED) is 0.562. The minimum absolute atomic E-state index is 0.308. The fraction of sp³-hybridized carbons (Fsp3) is 0. The Morgan fingerprint density at radius 1 is 1.36 bits per heavy atom. The van der Waals surface area contributed by atoms with Gasteiger partial charge in [-0.3, -0.25) is 10.8 Å². The second kappa shape index (κ2) is 3.40. The molecule has 0 bridgehead atoms. The van der Waals surface area contributed by atoms with Crippen molar-refractivity contribution in [3.8, 4) is 0 Å². The third-order valence-electron chi connectivity index (χ3n) is 1.95. The molecule has 0 saturated heterocycles. The highest BCUT2D eigenvalue weighted by molar-refractivity contribution is 6.35. The number of pyridine rings is 1. The highest BCUT2D eigenvalue weighted by Gasteiger charge is 2.09. The zero-order valence-electron chi connectivity index (χ0n) is 7.09. The van der Waals surface area contributed by atoms with E-state index in [1.165, 1.54) is 18.3 Å². The van der Waals surface area contributed by atoms with E-state index in [1.807, 2.05) is 0 Å². The summed E-state index contributed by atoms with van der Waals surface area (Å²) in [5.41, 5.74) is 3.27. The first-order chi connectivity index (χ1) is 6.74. The van der Waals surface area contributed by atoms with Crippen LogP contribution >= 0.6 is 11.6 Å². The van der Waals surface area contributed by atoms with E-state index < -0.39 is 5.82 Å². The average molecular weight is 212 g/mol. The number of hydrogen-bond acceptors (Lipinski definition) is 3. The lowest BCUT2D eigenvalue weighted by Gasteiger charge is -2.06. The van der Waals surface area contributed by atoms with Crippen molar-refractivity contribution < 1.29 is 4.39 Å². The molecule has 0 aliphatic carbocycles. The van der Waals surface area contributed by atoms with Gasteiger partial charge in [0.1, 0.15) is 5.82 Å². The largest absolute Gasteiger partial charge is 0.323 e. The first-order valence-corrected chi connectivity index (χ1v) is 4.31. The minimum Gasteiger partial charge on any atom is -0.323 e. The summed E-state index contributed by atoms with van der Waals surface area (Å²) in [4.78, 5) is 3.98. The molecule has 14 heavy (non-hydrogen) atoms. The van der Waals surface area contributed by atoms with Crippen LogP contribution in [-0.4, -0.2) is 4.98 Å². The molecule has 0 aliphatic heterocycles. The number of hydrogen-bond donors (Lipinski definition) is 2. The zero-order valence-corrected chi connectivity index (χ0v) is 7.85. The molecule has 5 heteroatoms. The van der Waals surface area contributed by atoms with Gasteiger partial charge in [0.05, 0.1) is 21.6 Å². The molecule has 0 unspecified atom stereocenters. The minimum atomic E-state index is -0.398. The molecule has 0 radical (unpaired) electrons. The number of anilines is 1. The number of nitrogens with one attached hydrogen (secondary N) is 1. The van der Waals surface area contributed by atoms with Crippen molar-refractivity contribution in [3.05, 3.63) is 35.2 Å². The molecule has 3 N–H and O–H groups in total. The van der Waals surface area contributed by atoms with Crippen LogP contribution < -0.4 is 11.3 Å². The second-order valence-electron chi connectivity index (χ2n) is 2.76. The van der Waals surface area contributed by atoms with E-state index in [0.717, 1.165) is 0 Å². The summed E-state index contributed by atoms with van der Waals surface area (Å²) in [5.74, 6) is 4.85. The van der Waals surface area contributed by atoms with Crippen LogP contribution in [0.4, 0.5) is 10.1 Å². The van der Waals surface area contributed by atoms with Gasteiger partial charge in [0.15, 0.2) is 0 Å². The fourth-order valence-corrected chi connectivity index (χ4v) is 1.52. The van der Waals surface area contributed by atoms with Gasteiger partial charge in [-0.1, -0.05) is 11.6 Å². The second-order valence-corrected chi connectivity index (χ2v) is 3.16. The fourth-order valence-electron chi connectivity index (χ4n) is 1.31. The number of aromatic nitrogens is 1. The summed E-state index contributed by atoms with van der Waals surface area (Å²) in [5, 5.41) is 0.709. The maximum atomic E-state index is 13.4. The van der Waals surface area contributed by atoms with Crippen molar-refractivity contribution >= 4 is 28.2 Å². The number of hydrazine groups is 1. The lowest BCUT2D eigenvalue weighted by molar-refractivity contribution is 0.640. The Morgan fingerprint density at radius 2 is 2.14 bits per heavy atom. The van der Waals surface area contributed by atoms with Gasteiger partial charge in [-0.2, -0.15) is 0 Å². The van der Waals surface area contributed by atoms with Crippen molar-refractivity contribution in [2.75, 3.05) is 5.43 Å². The molecule has 0 aliphatic rings. The molecule has 1 aromatic carbocycles. The third-order valence-corrected chi connectivity index (χ3v) is 2.25. The van der Waals surface area contributed by atoms with Crippen LogP contribution in [0.3, 0.4) is 0 Å². The normalized spacial score (nSPS) is 10.5. The number of rotatable bonds is 1. The van der Waals surface area contributed by atoms with Gasteiger partial charge in [0, 0.05) is 6.20 Å². The molecule has 72 valence electrons. The van der Waals surface area contributed by atoms with Crippen LogP contribution in [0.1, 0.15) is 0 Å². The molecule has 0 amide bonds. The summed E-state index contributed by atoms with van der Waals surface area (Å²) in [7, 11) is 0. The Kier molecular flexibility index (Phi) is 2.23. The average Bonchev–Trinajstić information content (AvgIpc) is 2.23. The van der Waals surface area contributed by atoms with E-state index in [4.69, 9.17) is 17.4 Å². The number of nitrogens with zero attached hydrogens (tertiary/aromatic N) is 1. The molecule has 0 atom stereocenters. The summed E-state index contributed by atoms with van der Waals surface area (Å²) in [6, 6.07) is 4.33. The van der Waals surface area contributed by atoms with Crippen molar-refractivity contribution in [1.29, 1.82) is 0 Å². The van der Waals surface area contributed by atoms with Crippen molar-refractivity contribution in [2.24, 2.45) is 5.84 Å². The topological polar surface area (TPSA) is 50.9 Å². The lowest BCUT2D eigenvalue weighted by atomic mass is 10.2. The van der Waals surface area contributed by atoms with Gasteiger partial charge in [0.2, 0.25) is 0 Å². The zero-order chi connectivity index (χ0) is 10.1. The van der Waals surface area contributed by atoms with E-state index >= 15 is 0 Å². The summed E-state index contributed by atoms with van der Waals surface area (Å²) in [6.45, 7) is 0. The number of fused-ring (bicyclic) bond motifs is 1. The Balaban J connectivity index is 2.92. The smallest absolute Gasteiger partial charge is 0.134 e. The standard InChI is InChI=1S/C9H7ClFN3/c10-5-1-2-6(11)8-7(14-12)3-4-13-9(5)8/h1-4H,12H2,(H,13,14). The Morgan fingerprint density at radius 3 is 2.86 bits per heavy atom. The molecule has 1 aromatic heterocycles. The predicted octanol–water partition coefficient (Wildman–Crippen LogP) is 2.31. The van der Waals surface area contributed by atoms with Gasteiger partial charge in [-0.25, -0.2) is 4.39 Å². The van der Waals surface area contributed by atoms with Gasteiger partial charge >= 0.3 is 0 Å². The van der Waals surface area contributed by atoms with Gasteiger partial charge < -0.3 is 5.43 Å². The molecule has 2 aromatic rings. The Bertz CT molecular complexity index is 487. The van der Waals surface area contributed by atoms with Crippen LogP contribution in [0.15, 0.2) is 24.4 Å². The van der Waals surface area contributed by atoms with Gasteiger partial charge in [-0.15, -0.1) is 0 Å². The number of benzene rings is 1. The SMILES string of the molecule is NNc1ccnc2c(Cl)ccc(F)c12. The van der Waals surface area contributed by atoms with Gasteiger partial charge in [0.25, 0.3) is 0 Å². The third kappa shape index (κ3) is 1.29. The van der Waals surface area contributed by atoms with Gasteiger partial charge in [-0.05, 0) is 18.2 Å². The number of nitrogens with two attached hydrogens (primary N) is 1. The maximum Gasteiger partial charge on any atom is 0.134 e. The molecular formula is C9H7ClFN3. The lowest BCUT2D eigenvalue weighted by Crippen LogP contribution is -2.07. The molecule has 0 fully saturated rings. The monoisotopic (exact) mass is 211 g/mol. The number of halogens is 2. The molecule has 1 heterocycles. The van der Waals surface area contributed by atoms with E-state index in [1.54, 1.807) is 6.07 Å². The number of nitrogen functional groups attached to an aromatic ring is 1. The van der Waals surface area contributed by atoms with Crippen LogP contribution in [-0.2, 0) is 0 Å². The van der Waals surface area contributed by atoms with Crippen LogP contribution in [0.25, 0.3) is 10.9 Å². The molecule has 0 saturated carbocycles. The first-order valence-electron chi connectivity index (χ1n) is 3.93. The van der Waals surface area contributed by atoms with Crippen LogP contribution in [0.2, 0.25) is 5.02 Å². The molecule has 0 spiro atoms. The summed E-state index contributed by atoms with van der Waals surface area (Å²) >= 11 is 5.86. The van der Waals surface area contributed by atoms with Crippen LogP contribution in [0.5, 0.6) is 0 Å². The highest BCUT2D eigenvalue weighted by Crippen LogP contribution is 2.28. The maximum absolute atomic E-state index is 13.4. The van der Waals surface area contributed by atoms with E-state index in [0.29, 0.717) is 21.6 Å². The van der Waals surface area contributed by atoms with Crippen LogP contribution in [0, 0.1) is 5.82 Å². The van der Waals surface area contributed by atoms with Crippen molar-refractivity contribution in [3.63, 3.8) is 0 Å². The summed E-state index contributed by atoms with van der Waals surface area (Å²) in [6.07, 6.45) is 1.52. The Labute approximate surface area is 84.7 Å².